The van der Waals surface area contributed by atoms with Crippen molar-refractivity contribution in [3.05, 3.63) is 119 Å². The van der Waals surface area contributed by atoms with Crippen LogP contribution in [0.1, 0.15) is 68.1 Å². The summed E-state index contributed by atoms with van der Waals surface area (Å²) in [6.07, 6.45) is 16.7. The minimum absolute atomic E-state index is 0.431. The van der Waals surface area contributed by atoms with Crippen molar-refractivity contribution in [1.29, 1.82) is 0 Å². The highest BCUT2D eigenvalue weighted by Crippen LogP contribution is 2.49. The molecule has 0 aliphatic heterocycles. The predicted octanol–water partition coefficient (Wildman–Crippen LogP) is 8.76. The van der Waals surface area contributed by atoms with Crippen molar-refractivity contribution in [3.8, 4) is 0 Å². The zero-order chi connectivity index (χ0) is 21.9. The van der Waals surface area contributed by atoms with Gasteiger partial charge in [0, 0.05) is 0 Å². The molecule has 0 fully saturated rings. The average Bonchev–Trinajstić information content (AvgIpc) is 3.23. The molecule has 32 heavy (non-hydrogen) atoms. The lowest BCUT2D eigenvalue weighted by Crippen LogP contribution is -2.21. The molecule has 0 saturated heterocycles. The summed E-state index contributed by atoms with van der Waals surface area (Å²) in [6.45, 7) is 0. The van der Waals surface area contributed by atoms with Crippen molar-refractivity contribution in [3.63, 3.8) is 0 Å². The third-order valence-corrected chi connectivity index (χ3v) is 7.38. The molecule has 0 radical (unpaired) electrons. The maximum atomic E-state index is 2.61. The molecule has 0 heterocycles. The lowest BCUT2D eigenvalue weighted by atomic mass is 9.71. The van der Waals surface area contributed by atoms with Gasteiger partial charge in [-0.3, -0.25) is 0 Å². The second kappa shape index (κ2) is 11.9. The third-order valence-electron chi connectivity index (χ3n) is 7.38. The van der Waals surface area contributed by atoms with Crippen LogP contribution >= 0.6 is 0 Å². The highest BCUT2D eigenvalue weighted by Gasteiger charge is 2.35. The minimum Gasteiger partial charge on any atom is -0.0847 e. The van der Waals surface area contributed by atoms with Gasteiger partial charge in [0.2, 0.25) is 0 Å². The van der Waals surface area contributed by atoms with Crippen molar-refractivity contribution in [2.24, 2.45) is 5.41 Å². The number of rotatable bonds is 12. The first-order valence-electron chi connectivity index (χ1n) is 12.7. The first-order chi connectivity index (χ1) is 15.8. The van der Waals surface area contributed by atoms with Gasteiger partial charge in [0.25, 0.3) is 0 Å². The first kappa shape index (κ1) is 22.6. The molecule has 0 heteroatoms. The Hall–Kier alpha value is -2.60. The summed E-state index contributed by atoms with van der Waals surface area (Å²) in [7, 11) is 0. The molecule has 0 amide bonds. The van der Waals surface area contributed by atoms with Gasteiger partial charge in [-0.05, 0) is 92.7 Å². The van der Waals surface area contributed by atoms with Gasteiger partial charge in [-0.1, -0.05) is 103 Å². The second-order valence-electron chi connectivity index (χ2n) is 9.57. The van der Waals surface area contributed by atoms with Crippen LogP contribution in [0.4, 0.5) is 0 Å². The fourth-order valence-electron chi connectivity index (χ4n) is 5.64. The Morgan fingerprint density at radius 1 is 0.500 bits per heavy atom. The molecule has 0 saturated carbocycles. The van der Waals surface area contributed by atoms with Gasteiger partial charge in [0.1, 0.15) is 0 Å². The molecule has 0 aromatic heterocycles. The van der Waals surface area contributed by atoms with Gasteiger partial charge >= 0.3 is 0 Å². The normalized spacial score (nSPS) is 14.9. The molecular weight excluding hydrogens is 384 g/mol. The van der Waals surface area contributed by atoms with Gasteiger partial charge in [0.15, 0.2) is 0 Å². The van der Waals surface area contributed by atoms with E-state index in [1.807, 2.05) is 0 Å². The Morgan fingerprint density at radius 3 is 1.41 bits per heavy atom. The van der Waals surface area contributed by atoms with Crippen LogP contribution in [-0.4, -0.2) is 0 Å². The molecule has 0 nitrogen and oxygen atoms in total. The number of hydrogen-bond donors (Lipinski definition) is 0. The average molecular weight is 423 g/mol. The van der Waals surface area contributed by atoms with Gasteiger partial charge < -0.3 is 0 Å². The predicted molar refractivity (Wildman–Crippen MR) is 138 cm³/mol. The molecule has 1 aliphatic rings. The van der Waals surface area contributed by atoms with E-state index in [4.69, 9.17) is 0 Å². The minimum atomic E-state index is 0.431. The molecule has 0 bridgehead atoms. The summed E-state index contributed by atoms with van der Waals surface area (Å²) in [6, 6.07) is 33.1. The molecule has 4 rings (SSSR count). The van der Waals surface area contributed by atoms with E-state index in [0.29, 0.717) is 5.41 Å². The molecule has 0 unspecified atom stereocenters. The van der Waals surface area contributed by atoms with Gasteiger partial charge in [-0.25, -0.2) is 0 Å². The Morgan fingerprint density at radius 2 is 0.938 bits per heavy atom. The molecule has 1 aliphatic carbocycles. The van der Waals surface area contributed by atoms with Crippen LogP contribution in [0.3, 0.4) is 0 Å². The lowest BCUT2D eigenvalue weighted by Gasteiger charge is -2.34. The molecular formula is C32H38. The quantitative estimate of drug-likeness (QED) is 0.256. The smallest absolute Gasteiger partial charge is 0.00849 e. The fraction of sp³-hybridized carbons (Fsp3) is 0.375. The molecule has 0 atom stereocenters. The largest absolute Gasteiger partial charge is 0.0847 e. The Balaban J connectivity index is 1.37. The van der Waals surface area contributed by atoms with Crippen LogP contribution < -0.4 is 0 Å². The first-order valence-corrected chi connectivity index (χ1v) is 12.7. The number of hydrogen-bond acceptors (Lipinski definition) is 0. The number of benzene rings is 3. The van der Waals surface area contributed by atoms with E-state index in [1.165, 1.54) is 87.3 Å². The van der Waals surface area contributed by atoms with Crippen LogP contribution in [0.15, 0.2) is 103 Å². The lowest BCUT2D eigenvalue weighted by molar-refractivity contribution is 0.273. The van der Waals surface area contributed by atoms with Crippen molar-refractivity contribution in [1.82, 2.24) is 0 Å². The summed E-state index contributed by atoms with van der Waals surface area (Å²) in [5.74, 6) is 0. The summed E-state index contributed by atoms with van der Waals surface area (Å²) >= 11 is 0. The highest BCUT2D eigenvalue weighted by atomic mass is 14.4. The summed E-state index contributed by atoms with van der Waals surface area (Å²) in [5, 5.41) is 0. The topological polar surface area (TPSA) is 0 Å². The molecule has 0 N–H and O–H groups in total. The van der Waals surface area contributed by atoms with Crippen molar-refractivity contribution < 1.29 is 0 Å². The Kier molecular flexibility index (Phi) is 8.37. The standard InChI is InChI=1S/C32H38/c1-4-14-28(15-5-1)20-10-23-31-24-13-27-32(31,25-11-21-29-16-6-2-7-17-29)26-12-22-30-18-8-3-9-19-30/h1-9,14-19,24H,10-13,20-23,25-27H2. The zero-order valence-electron chi connectivity index (χ0n) is 19.5. The van der Waals surface area contributed by atoms with Crippen molar-refractivity contribution in [2.45, 2.75) is 70.6 Å². The van der Waals surface area contributed by atoms with E-state index in [9.17, 15) is 0 Å². The van der Waals surface area contributed by atoms with Crippen molar-refractivity contribution >= 4 is 0 Å². The van der Waals surface area contributed by atoms with E-state index in [2.05, 4.69) is 97.1 Å². The third kappa shape index (κ3) is 6.45. The van der Waals surface area contributed by atoms with E-state index >= 15 is 0 Å². The van der Waals surface area contributed by atoms with Crippen molar-refractivity contribution in [2.75, 3.05) is 0 Å². The maximum absolute atomic E-state index is 2.61. The summed E-state index contributed by atoms with van der Waals surface area (Å²) in [5.41, 5.74) is 6.65. The van der Waals surface area contributed by atoms with Crippen LogP contribution in [-0.2, 0) is 19.3 Å². The molecule has 0 spiro atoms. The Labute approximate surface area is 195 Å². The summed E-state index contributed by atoms with van der Waals surface area (Å²) in [4.78, 5) is 0. The van der Waals surface area contributed by atoms with Gasteiger partial charge in [-0.2, -0.15) is 0 Å². The second-order valence-corrected chi connectivity index (χ2v) is 9.57. The zero-order valence-corrected chi connectivity index (χ0v) is 19.5. The number of allylic oxidation sites excluding steroid dienone is 2. The van der Waals surface area contributed by atoms with E-state index in [0.717, 1.165) is 0 Å². The molecule has 166 valence electrons. The highest BCUT2D eigenvalue weighted by molar-refractivity contribution is 5.23. The monoisotopic (exact) mass is 422 g/mol. The van der Waals surface area contributed by atoms with Crippen LogP contribution in [0.25, 0.3) is 0 Å². The van der Waals surface area contributed by atoms with E-state index < -0.39 is 0 Å². The molecule has 3 aromatic rings. The SMILES string of the molecule is C1=C(CCCc2ccccc2)C(CCCc2ccccc2)(CCCc2ccccc2)CC1. The van der Waals surface area contributed by atoms with Crippen LogP contribution in [0, 0.1) is 5.41 Å². The maximum Gasteiger partial charge on any atom is -0.00849 e. The Bertz CT molecular complexity index is 892. The van der Waals surface area contributed by atoms with Crippen LogP contribution in [0.5, 0.6) is 0 Å². The van der Waals surface area contributed by atoms with Crippen LogP contribution in [0.2, 0.25) is 0 Å². The van der Waals surface area contributed by atoms with E-state index in [1.54, 1.807) is 5.57 Å². The molecule has 3 aromatic carbocycles. The fourth-order valence-corrected chi connectivity index (χ4v) is 5.64. The number of aryl methyl sites for hydroxylation is 3. The van der Waals surface area contributed by atoms with E-state index in [-0.39, 0.29) is 0 Å². The summed E-state index contributed by atoms with van der Waals surface area (Å²) < 4.78 is 0. The van der Waals surface area contributed by atoms with Gasteiger partial charge in [0.05, 0.1) is 0 Å². The van der Waals surface area contributed by atoms with Gasteiger partial charge in [-0.15, -0.1) is 0 Å².